The van der Waals surface area contributed by atoms with Gasteiger partial charge in [-0.1, -0.05) is 36.9 Å². The molecule has 5 N–H and O–H groups in total. The highest BCUT2D eigenvalue weighted by Gasteiger charge is 2.10. The van der Waals surface area contributed by atoms with E-state index >= 15 is 0 Å². The van der Waals surface area contributed by atoms with Gasteiger partial charge in [-0.15, -0.1) is 0 Å². The van der Waals surface area contributed by atoms with Gasteiger partial charge in [0.2, 0.25) is 0 Å². The molecule has 0 aromatic heterocycles. The molecule has 1 aromatic carbocycles. The first-order valence-corrected chi connectivity index (χ1v) is 6.87. The number of hydrogen-bond donors (Lipinski definition) is 3. The molecule has 0 aliphatic carbocycles. The molecular weight excluding hydrogens is 246 g/mol. The van der Waals surface area contributed by atoms with Crippen molar-refractivity contribution < 1.29 is 0 Å². The zero-order chi connectivity index (χ0) is 15.0. The number of nitrogens with one attached hydrogen (secondary N) is 1. The summed E-state index contributed by atoms with van der Waals surface area (Å²) in [5.41, 5.74) is 15.7. The Kier molecular flexibility index (Phi) is 6.60. The fraction of sp³-hybridized carbons (Fsp3) is 0.294. The third-order valence-corrected chi connectivity index (χ3v) is 3.33. The second-order valence-electron chi connectivity index (χ2n) is 4.79. The fourth-order valence-corrected chi connectivity index (χ4v) is 2.10. The second-order valence-corrected chi connectivity index (χ2v) is 4.79. The monoisotopic (exact) mass is 271 g/mol. The van der Waals surface area contributed by atoms with E-state index in [1.165, 1.54) is 17.3 Å². The summed E-state index contributed by atoms with van der Waals surface area (Å²) in [7, 11) is 0. The zero-order valence-electron chi connectivity index (χ0n) is 12.4. The lowest BCUT2D eigenvalue weighted by atomic mass is 10.0. The summed E-state index contributed by atoms with van der Waals surface area (Å²) in [4.78, 5) is 0. The van der Waals surface area contributed by atoms with Crippen LogP contribution >= 0.6 is 0 Å². The predicted octanol–water partition coefficient (Wildman–Crippen LogP) is 2.39. The van der Waals surface area contributed by atoms with Gasteiger partial charge in [0.25, 0.3) is 0 Å². The van der Waals surface area contributed by atoms with Crippen molar-refractivity contribution in [1.82, 2.24) is 5.32 Å². The lowest BCUT2D eigenvalue weighted by molar-refractivity contribution is 0.576. The van der Waals surface area contributed by atoms with Crippen LogP contribution in [0.25, 0.3) is 0 Å². The van der Waals surface area contributed by atoms with Crippen molar-refractivity contribution in [2.24, 2.45) is 11.5 Å². The molecule has 0 spiro atoms. The van der Waals surface area contributed by atoms with E-state index in [1.807, 2.05) is 25.1 Å². The van der Waals surface area contributed by atoms with E-state index < -0.39 is 0 Å². The zero-order valence-corrected chi connectivity index (χ0v) is 12.4. The van der Waals surface area contributed by atoms with Crippen molar-refractivity contribution in [3.8, 4) is 0 Å². The predicted molar refractivity (Wildman–Crippen MR) is 87.1 cm³/mol. The molecule has 3 nitrogen and oxygen atoms in total. The average Bonchev–Trinajstić information content (AvgIpc) is 2.46. The number of nitrogens with two attached hydrogens (primary N) is 2. The van der Waals surface area contributed by atoms with Crippen LogP contribution in [0.4, 0.5) is 0 Å². The summed E-state index contributed by atoms with van der Waals surface area (Å²) < 4.78 is 0. The highest BCUT2D eigenvalue weighted by atomic mass is 14.9. The molecule has 1 atom stereocenters. The molecule has 1 aromatic rings. The number of rotatable bonds is 7. The molecule has 0 bridgehead atoms. The lowest BCUT2D eigenvalue weighted by Gasteiger charge is -2.21. The Morgan fingerprint density at radius 1 is 1.40 bits per heavy atom. The number of benzene rings is 1. The summed E-state index contributed by atoms with van der Waals surface area (Å²) in [6.45, 7) is 8.68. The maximum absolute atomic E-state index is 5.87. The first-order valence-electron chi connectivity index (χ1n) is 6.87. The normalized spacial score (nSPS) is 13.4. The van der Waals surface area contributed by atoms with Gasteiger partial charge in [-0.05, 0) is 49.2 Å². The fourth-order valence-electron chi connectivity index (χ4n) is 2.10. The molecule has 1 rings (SSSR count). The molecule has 0 fully saturated rings. The second kappa shape index (κ2) is 8.23. The third-order valence-electron chi connectivity index (χ3n) is 3.33. The molecule has 0 saturated heterocycles. The van der Waals surface area contributed by atoms with E-state index in [1.54, 1.807) is 0 Å². The van der Waals surface area contributed by atoms with E-state index in [9.17, 15) is 0 Å². The van der Waals surface area contributed by atoms with Gasteiger partial charge in [-0.25, -0.2) is 0 Å². The van der Waals surface area contributed by atoms with Crippen LogP contribution in [0.15, 0.2) is 60.5 Å². The summed E-state index contributed by atoms with van der Waals surface area (Å²) >= 11 is 0. The average molecular weight is 271 g/mol. The first-order chi connectivity index (χ1) is 9.62. The van der Waals surface area contributed by atoms with E-state index in [4.69, 9.17) is 11.5 Å². The van der Waals surface area contributed by atoms with E-state index in [2.05, 4.69) is 37.0 Å². The molecule has 108 valence electrons. The Morgan fingerprint density at radius 3 is 2.65 bits per heavy atom. The molecule has 0 amide bonds. The standard InChI is InChI=1S/C17H25N3/c1-4-15(9-10-18)14(3)20-17(12-19)11-16-8-6-5-7-13(16)2/h4-10,17,20H,3,11-12,18-19H2,1-2H3/b10-9-,15-4+. The quantitative estimate of drug-likeness (QED) is 0.667. The van der Waals surface area contributed by atoms with Gasteiger partial charge in [0.05, 0.1) is 0 Å². The summed E-state index contributed by atoms with van der Waals surface area (Å²) in [5.74, 6) is 0. The summed E-state index contributed by atoms with van der Waals surface area (Å²) in [6.07, 6.45) is 6.20. The molecule has 20 heavy (non-hydrogen) atoms. The van der Waals surface area contributed by atoms with Gasteiger partial charge in [-0.3, -0.25) is 0 Å². The molecule has 0 saturated carbocycles. The van der Waals surface area contributed by atoms with Crippen LogP contribution in [-0.4, -0.2) is 12.6 Å². The van der Waals surface area contributed by atoms with Gasteiger partial charge in [0.1, 0.15) is 0 Å². The Morgan fingerprint density at radius 2 is 2.10 bits per heavy atom. The largest absolute Gasteiger partial charge is 0.405 e. The highest BCUT2D eigenvalue weighted by molar-refractivity contribution is 5.36. The van der Waals surface area contributed by atoms with Gasteiger partial charge in [-0.2, -0.15) is 0 Å². The topological polar surface area (TPSA) is 64.1 Å². The number of hydrogen-bond acceptors (Lipinski definition) is 3. The smallest absolute Gasteiger partial charge is 0.0424 e. The molecule has 1 unspecified atom stereocenters. The van der Waals surface area contributed by atoms with Crippen molar-refractivity contribution in [3.05, 3.63) is 71.6 Å². The van der Waals surface area contributed by atoms with Crippen LogP contribution in [0.2, 0.25) is 0 Å². The van der Waals surface area contributed by atoms with Gasteiger partial charge in [0.15, 0.2) is 0 Å². The van der Waals surface area contributed by atoms with Crippen molar-refractivity contribution in [1.29, 1.82) is 0 Å². The highest BCUT2D eigenvalue weighted by Crippen LogP contribution is 2.12. The first kappa shape index (κ1) is 16.1. The van der Waals surface area contributed by atoms with E-state index in [0.29, 0.717) is 6.54 Å². The minimum absolute atomic E-state index is 0.157. The van der Waals surface area contributed by atoms with Gasteiger partial charge >= 0.3 is 0 Å². The lowest BCUT2D eigenvalue weighted by Crippen LogP contribution is -2.37. The van der Waals surface area contributed by atoms with Crippen LogP contribution in [-0.2, 0) is 6.42 Å². The molecule has 0 radical (unpaired) electrons. The maximum Gasteiger partial charge on any atom is 0.0424 e. The number of aryl methyl sites for hydroxylation is 1. The van der Waals surface area contributed by atoms with Gasteiger partial charge < -0.3 is 16.8 Å². The molecule has 0 aliphatic heterocycles. The number of allylic oxidation sites excluding steroid dienone is 2. The van der Waals surface area contributed by atoms with Crippen LogP contribution in [0.3, 0.4) is 0 Å². The van der Waals surface area contributed by atoms with Crippen molar-refractivity contribution >= 4 is 0 Å². The van der Waals surface area contributed by atoms with Gasteiger partial charge in [0, 0.05) is 18.3 Å². The molecular formula is C17H25N3. The van der Waals surface area contributed by atoms with Crippen LogP contribution in [0, 0.1) is 6.92 Å². The molecule has 0 heterocycles. The Labute approximate surface area is 122 Å². The minimum atomic E-state index is 0.157. The summed E-state index contributed by atoms with van der Waals surface area (Å²) in [6, 6.07) is 8.52. The maximum atomic E-state index is 5.87. The van der Waals surface area contributed by atoms with Crippen molar-refractivity contribution in [3.63, 3.8) is 0 Å². The minimum Gasteiger partial charge on any atom is -0.405 e. The van der Waals surface area contributed by atoms with Crippen LogP contribution in [0.5, 0.6) is 0 Å². The Balaban J connectivity index is 2.73. The van der Waals surface area contributed by atoms with Crippen molar-refractivity contribution in [2.45, 2.75) is 26.3 Å². The SMILES string of the molecule is C=C(NC(CN)Cc1ccccc1C)C(/C=C\N)=C/C. The van der Waals surface area contributed by atoms with Crippen LogP contribution < -0.4 is 16.8 Å². The Bertz CT molecular complexity index is 501. The third kappa shape index (κ3) is 4.59. The van der Waals surface area contributed by atoms with Crippen molar-refractivity contribution in [2.75, 3.05) is 6.54 Å². The van der Waals surface area contributed by atoms with E-state index in [0.717, 1.165) is 17.7 Å². The molecule has 3 heteroatoms. The van der Waals surface area contributed by atoms with E-state index in [-0.39, 0.29) is 6.04 Å². The summed E-state index contributed by atoms with van der Waals surface area (Å²) in [5, 5.41) is 3.38. The van der Waals surface area contributed by atoms with Crippen LogP contribution in [0.1, 0.15) is 18.1 Å². The Hall–Kier alpha value is -2.00. The molecule has 0 aliphatic rings.